The number of nitrogens with one attached hydrogen (secondary N) is 1. The predicted octanol–water partition coefficient (Wildman–Crippen LogP) is 3.96. The Balaban J connectivity index is 1.39. The van der Waals surface area contributed by atoms with Crippen molar-refractivity contribution >= 4 is 43.3 Å². The number of hydrogen-bond donors (Lipinski definition) is 2. The van der Waals surface area contributed by atoms with Crippen molar-refractivity contribution in [1.29, 1.82) is 0 Å². The average molecular weight is 552 g/mol. The van der Waals surface area contributed by atoms with Crippen LogP contribution < -0.4 is 21.5 Å². The SMILES string of the molecule is CN1CCCC1CCn1nc(N2CC3CCC(C2)N3)c2ccc(-c3ccc(F)c4sc(N)nc34)c(F)c2c1=O. The lowest BCUT2D eigenvalue weighted by molar-refractivity contribution is 0.281. The Hall–Kier alpha value is -3.15. The second kappa shape index (κ2) is 9.50. The van der Waals surface area contributed by atoms with Crippen molar-refractivity contribution in [3.05, 3.63) is 46.3 Å². The number of fused-ring (bicyclic) bond motifs is 4. The van der Waals surface area contributed by atoms with E-state index in [1.54, 1.807) is 12.1 Å². The van der Waals surface area contributed by atoms with Gasteiger partial charge < -0.3 is 20.9 Å². The van der Waals surface area contributed by atoms with Crippen LogP contribution in [0.5, 0.6) is 0 Å². The number of rotatable bonds is 5. The van der Waals surface area contributed by atoms with E-state index >= 15 is 4.39 Å². The summed E-state index contributed by atoms with van der Waals surface area (Å²) in [5.41, 5.74) is 6.35. The molecule has 3 fully saturated rings. The molecule has 39 heavy (non-hydrogen) atoms. The zero-order valence-electron chi connectivity index (χ0n) is 21.8. The maximum Gasteiger partial charge on any atom is 0.277 e. The molecular formula is C28H31F2N7OS. The van der Waals surface area contributed by atoms with Gasteiger partial charge in [-0.1, -0.05) is 17.4 Å². The van der Waals surface area contributed by atoms with E-state index in [1.807, 2.05) is 0 Å². The van der Waals surface area contributed by atoms with Crippen LogP contribution in [0.1, 0.15) is 32.1 Å². The van der Waals surface area contributed by atoms with Gasteiger partial charge in [-0.15, -0.1) is 0 Å². The first kappa shape index (κ1) is 24.9. The number of nitrogen functional groups attached to an aromatic ring is 1. The van der Waals surface area contributed by atoms with E-state index in [2.05, 4.69) is 27.1 Å². The first-order valence-corrected chi connectivity index (χ1v) is 14.5. The standard InChI is InChI=1S/C28H31F2N7OS/c1-35-11-2-3-17(35)10-12-37-27(38)22-20(26(34-37)36-13-15-4-5-16(14-36)32-15)7-6-18(23(22)30)19-8-9-21(29)25-24(19)33-28(31)39-25/h6-9,15-17,32H,2-5,10-14H2,1H3,(H2,31,33). The number of nitrogens with zero attached hydrogens (tertiary/aromatic N) is 5. The Morgan fingerprint density at radius 1 is 1.10 bits per heavy atom. The van der Waals surface area contributed by atoms with Crippen molar-refractivity contribution < 1.29 is 8.78 Å². The molecule has 2 aromatic heterocycles. The molecule has 3 saturated heterocycles. The van der Waals surface area contributed by atoms with Gasteiger partial charge in [-0.2, -0.15) is 5.10 Å². The number of piperazine rings is 1. The molecule has 3 aliphatic rings. The third-order valence-corrected chi connectivity index (χ3v) is 9.60. The molecule has 0 radical (unpaired) electrons. The highest BCUT2D eigenvalue weighted by Gasteiger charge is 2.34. The lowest BCUT2D eigenvalue weighted by Gasteiger charge is -2.34. The third-order valence-electron chi connectivity index (χ3n) is 8.71. The van der Waals surface area contributed by atoms with Crippen LogP contribution in [0.2, 0.25) is 0 Å². The van der Waals surface area contributed by atoms with Gasteiger partial charge in [-0.25, -0.2) is 18.4 Å². The molecule has 2 bridgehead atoms. The quantitative estimate of drug-likeness (QED) is 0.388. The van der Waals surface area contributed by atoms with Gasteiger partial charge >= 0.3 is 0 Å². The smallest absolute Gasteiger partial charge is 0.277 e. The highest BCUT2D eigenvalue weighted by Crippen LogP contribution is 2.38. The van der Waals surface area contributed by atoms with Gasteiger partial charge in [0.25, 0.3) is 5.56 Å². The first-order valence-electron chi connectivity index (χ1n) is 13.7. The summed E-state index contributed by atoms with van der Waals surface area (Å²) >= 11 is 1.03. The number of aromatic nitrogens is 3. The summed E-state index contributed by atoms with van der Waals surface area (Å²) in [6.45, 7) is 3.00. The molecule has 3 aliphatic heterocycles. The second-order valence-corrected chi connectivity index (χ2v) is 12.2. The van der Waals surface area contributed by atoms with E-state index in [0.29, 0.717) is 47.0 Å². The zero-order chi connectivity index (χ0) is 26.8. The van der Waals surface area contributed by atoms with E-state index in [-0.39, 0.29) is 20.8 Å². The summed E-state index contributed by atoms with van der Waals surface area (Å²) in [6.07, 6.45) is 5.20. The number of likely N-dealkylation sites (tertiary alicyclic amines) is 1. The van der Waals surface area contributed by atoms with Crippen molar-refractivity contribution in [2.24, 2.45) is 0 Å². The fraction of sp³-hybridized carbons (Fsp3) is 0.464. The molecule has 5 heterocycles. The van der Waals surface area contributed by atoms with E-state index in [1.165, 1.54) is 16.8 Å². The van der Waals surface area contributed by atoms with Crippen LogP contribution >= 0.6 is 11.3 Å². The van der Waals surface area contributed by atoms with E-state index in [4.69, 9.17) is 10.8 Å². The van der Waals surface area contributed by atoms with Crippen molar-refractivity contribution in [2.75, 3.05) is 37.3 Å². The number of halogens is 2. The van der Waals surface area contributed by atoms with E-state index < -0.39 is 17.2 Å². The highest BCUT2D eigenvalue weighted by atomic mass is 32.1. The Morgan fingerprint density at radius 2 is 1.87 bits per heavy atom. The number of anilines is 2. The van der Waals surface area contributed by atoms with E-state index in [0.717, 1.165) is 63.1 Å². The fourth-order valence-electron chi connectivity index (χ4n) is 6.70. The van der Waals surface area contributed by atoms with Gasteiger partial charge in [0, 0.05) is 54.3 Å². The summed E-state index contributed by atoms with van der Waals surface area (Å²) < 4.78 is 32.7. The van der Waals surface area contributed by atoms with Gasteiger partial charge in [0.1, 0.15) is 11.6 Å². The van der Waals surface area contributed by atoms with Gasteiger partial charge in [0.2, 0.25) is 0 Å². The maximum atomic E-state index is 16.5. The van der Waals surface area contributed by atoms with Crippen LogP contribution in [-0.2, 0) is 6.54 Å². The molecule has 3 atom stereocenters. The van der Waals surface area contributed by atoms with Crippen LogP contribution in [0.25, 0.3) is 32.1 Å². The minimum Gasteiger partial charge on any atom is -0.375 e. The Labute approximate surface area is 228 Å². The molecule has 204 valence electrons. The Kier molecular flexibility index (Phi) is 6.05. The van der Waals surface area contributed by atoms with Crippen LogP contribution in [0.3, 0.4) is 0 Å². The number of nitrogens with two attached hydrogens (primary N) is 1. The van der Waals surface area contributed by atoms with Gasteiger partial charge in [-0.05, 0) is 63.9 Å². The maximum absolute atomic E-state index is 16.5. The number of thiazole rings is 1. The lowest BCUT2D eigenvalue weighted by atomic mass is 9.99. The van der Waals surface area contributed by atoms with Crippen LogP contribution in [-0.4, -0.2) is 64.5 Å². The molecule has 3 N–H and O–H groups in total. The number of aryl methyl sites for hydroxylation is 1. The van der Waals surface area contributed by atoms with Crippen LogP contribution in [0, 0.1) is 11.6 Å². The van der Waals surface area contributed by atoms with Gasteiger partial charge in [-0.3, -0.25) is 4.79 Å². The number of benzene rings is 2. The highest BCUT2D eigenvalue weighted by molar-refractivity contribution is 7.22. The summed E-state index contributed by atoms with van der Waals surface area (Å²) in [6, 6.07) is 7.34. The van der Waals surface area contributed by atoms with Crippen molar-refractivity contribution in [2.45, 2.75) is 56.8 Å². The molecule has 7 rings (SSSR count). The van der Waals surface area contributed by atoms with Crippen LogP contribution in [0.15, 0.2) is 29.1 Å². The topological polar surface area (TPSA) is 92.3 Å². The minimum atomic E-state index is -0.634. The largest absolute Gasteiger partial charge is 0.375 e. The summed E-state index contributed by atoms with van der Waals surface area (Å²) in [7, 11) is 2.11. The van der Waals surface area contributed by atoms with Crippen molar-refractivity contribution in [3.8, 4) is 11.1 Å². The molecule has 4 aromatic rings. The zero-order valence-corrected chi connectivity index (χ0v) is 22.6. The van der Waals surface area contributed by atoms with Crippen molar-refractivity contribution in [3.63, 3.8) is 0 Å². The molecule has 8 nitrogen and oxygen atoms in total. The van der Waals surface area contributed by atoms with E-state index in [9.17, 15) is 9.18 Å². The van der Waals surface area contributed by atoms with Crippen molar-refractivity contribution in [1.82, 2.24) is 25.0 Å². The molecule has 3 unspecified atom stereocenters. The number of hydrogen-bond acceptors (Lipinski definition) is 8. The molecule has 0 aliphatic carbocycles. The lowest BCUT2D eigenvalue weighted by Crippen LogP contribution is -2.51. The van der Waals surface area contributed by atoms with Gasteiger partial charge in [0.05, 0.1) is 15.6 Å². The average Bonchev–Trinajstić information content (AvgIpc) is 3.62. The molecule has 0 amide bonds. The minimum absolute atomic E-state index is 0.0174. The second-order valence-electron chi connectivity index (χ2n) is 11.1. The summed E-state index contributed by atoms with van der Waals surface area (Å²) in [5.74, 6) is -0.441. The molecule has 0 spiro atoms. The molecule has 11 heteroatoms. The third kappa shape index (κ3) is 4.18. The normalized spacial score (nSPS) is 23.5. The Bertz CT molecular complexity index is 1640. The summed E-state index contributed by atoms with van der Waals surface area (Å²) in [4.78, 5) is 22.6. The fourth-order valence-corrected chi connectivity index (χ4v) is 7.47. The van der Waals surface area contributed by atoms with Gasteiger partial charge in [0.15, 0.2) is 10.9 Å². The predicted molar refractivity (Wildman–Crippen MR) is 151 cm³/mol. The molecule has 0 saturated carbocycles. The first-order chi connectivity index (χ1) is 18.9. The summed E-state index contributed by atoms with van der Waals surface area (Å²) in [5, 5.41) is 9.22. The Morgan fingerprint density at radius 3 is 2.62 bits per heavy atom. The van der Waals surface area contributed by atoms with Crippen LogP contribution in [0.4, 0.5) is 19.7 Å². The monoisotopic (exact) mass is 551 g/mol. The molecule has 2 aromatic carbocycles. The molecular weight excluding hydrogens is 520 g/mol.